The van der Waals surface area contributed by atoms with Crippen molar-refractivity contribution in [2.45, 2.75) is 32.3 Å². The van der Waals surface area contributed by atoms with Crippen LogP contribution in [0.4, 0.5) is 0 Å². The Bertz CT molecular complexity index is 318. The highest BCUT2D eigenvalue weighted by molar-refractivity contribution is 5.45. The van der Waals surface area contributed by atoms with E-state index in [0.29, 0.717) is 0 Å². The molecule has 0 heterocycles. The van der Waals surface area contributed by atoms with Crippen LogP contribution in [0.1, 0.15) is 29.5 Å². The second kappa shape index (κ2) is 3.38. The third-order valence-electron chi connectivity index (χ3n) is 2.78. The largest absolute Gasteiger partial charge is 0.508 e. The van der Waals surface area contributed by atoms with Crippen LogP contribution >= 0.6 is 0 Å². The van der Waals surface area contributed by atoms with Crippen molar-refractivity contribution >= 4 is 0 Å². The van der Waals surface area contributed by atoms with E-state index in [0.717, 1.165) is 18.4 Å². The summed E-state index contributed by atoms with van der Waals surface area (Å²) in [6.45, 7) is -0.0466. The summed E-state index contributed by atoms with van der Waals surface area (Å²) in [4.78, 5) is 0. The first kappa shape index (κ1) is 8.57. The predicted molar refractivity (Wildman–Crippen MR) is 50.7 cm³/mol. The lowest BCUT2D eigenvalue weighted by molar-refractivity contribution is 0.273. The second-order valence-corrected chi connectivity index (χ2v) is 3.57. The number of aryl methyl sites for hydroxylation is 1. The van der Waals surface area contributed by atoms with Gasteiger partial charge in [0, 0.05) is 5.56 Å². The Morgan fingerprint density at radius 3 is 2.69 bits per heavy atom. The molecule has 1 aliphatic carbocycles. The number of aliphatic hydroxyl groups is 1. The predicted octanol–water partition coefficient (Wildman–Crippen LogP) is 1.76. The normalized spacial score (nSPS) is 15.5. The van der Waals surface area contributed by atoms with Gasteiger partial charge in [-0.2, -0.15) is 0 Å². The van der Waals surface area contributed by atoms with Crippen LogP contribution in [0.5, 0.6) is 5.75 Å². The van der Waals surface area contributed by atoms with Crippen molar-refractivity contribution in [3.8, 4) is 5.75 Å². The monoisotopic (exact) mass is 178 g/mol. The van der Waals surface area contributed by atoms with E-state index in [1.165, 1.54) is 24.0 Å². The van der Waals surface area contributed by atoms with E-state index in [1.807, 2.05) is 6.07 Å². The molecule has 0 atom stereocenters. The third kappa shape index (κ3) is 1.42. The van der Waals surface area contributed by atoms with E-state index in [4.69, 9.17) is 5.11 Å². The summed E-state index contributed by atoms with van der Waals surface area (Å²) < 4.78 is 0. The molecule has 0 aliphatic heterocycles. The highest BCUT2D eigenvalue weighted by Crippen LogP contribution is 2.30. The standard InChI is InChI=1S/C11H14O2/c12-7-10-9-4-2-1-3-8(9)5-6-11(10)13/h5-6,12-13H,1-4,7H2. The Kier molecular flexibility index (Phi) is 2.23. The zero-order valence-corrected chi connectivity index (χ0v) is 7.58. The second-order valence-electron chi connectivity index (χ2n) is 3.57. The Morgan fingerprint density at radius 1 is 1.15 bits per heavy atom. The summed E-state index contributed by atoms with van der Waals surface area (Å²) in [7, 11) is 0. The van der Waals surface area contributed by atoms with Crippen molar-refractivity contribution in [1.82, 2.24) is 0 Å². The maximum atomic E-state index is 9.51. The first-order valence-electron chi connectivity index (χ1n) is 4.76. The maximum Gasteiger partial charge on any atom is 0.121 e. The SMILES string of the molecule is OCc1c(O)ccc2c1CCCC2. The number of aliphatic hydroxyl groups excluding tert-OH is 1. The molecular weight excluding hydrogens is 164 g/mol. The number of phenols is 1. The van der Waals surface area contributed by atoms with Crippen LogP contribution in [-0.4, -0.2) is 10.2 Å². The summed E-state index contributed by atoms with van der Waals surface area (Å²) in [5.74, 6) is 0.239. The molecule has 0 saturated carbocycles. The Morgan fingerprint density at radius 2 is 1.92 bits per heavy atom. The van der Waals surface area contributed by atoms with E-state index in [-0.39, 0.29) is 12.4 Å². The number of aromatic hydroxyl groups is 1. The van der Waals surface area contributed by atoms with Gasteiger partial charge in [0.05, 0.1) is 6.61 Å². The summed E-state index contributed by atoms with van der Waals surface area (Å²) in [5, 5.41) is 18.6. The van der Waals surface area contributed by atoms with Gasteiger partial charge in [-0.15, -0.1) is 0 Å². The number of hydrogen-bond acceptors (Lipinski definition) is 2. The van der Waals surface area contributed by atoms with Gasteiger partial charge in [-0.25, -0.2) is 0 Å². The number of benzene rings is 1. The minimum atomic E-state index is -0.0466. The quantitative estimate of drug-likeness (QED) is 0.688. The van der Waals surface area contributed by atoms with Crippen molar-refractivity contribution in [2.75, 3.05) is 0 Å². The van der Waals surface area contributed by atoms with Gasteiger partial charge in [0.2, 0.25) is 0 Å². The minimum Gasteiger partial charge on any atom is -0.508 e. The number of rotatable bonds is 1. The fourth-order valence-corrected chi connectivity index (χ4v) is 2.07. The maximum absolute atomic E-state index is 9.51. The first-order valence-corrected chi connectivity index (χ1v) is 4.76. The molecule has 70 valence electrons. The van der Waals surface area contributed by atoms with Crippen molar-refractivity contribution in [2.24, 2.45) is 0 Å². The van der Waals surface area contributed by atoms with Crippen LogP contribution in [0.25, 0.3) is 0 Å². The lowest BCUT2D eigenvalue weighted by Crippen LogP contribution is -2.06. The molecule has 0 aromatic heterocycles. The van der Waals surface area contributed by atoms with Crippen molar-refractivity contribution in [3.05, 3.63) is 28.8 Å². The van der Waals surface area contributed by atoms with Crippen LogP contribution in [0, 0.1) is 0 Å². The molecular formula is C11H14O2. The number of fused-ring (bicyclic) bond motifs is 1. The molecule has 0 spiro atoms. The molecule has 2 heteroatoms. The van der Waals surface area contributed by atoms with Gasteiger partial charge in [0.25, 0.3) is 0 Å². The van der Waals surface area contributed by atoms with E-state index in [9.17, 15) is 5.11 Å². The summed E-state index contributed by atoms with van der Waals surface area (Å²) in [6, 6.07) is 3.67. The lowest BCUT2D eigenvalue weighted by Gasteiger charge is -2.19. The molecule has 2 N–H and O–H groups in total. The highest BCUT2D eigenvalue weighted by atomic mass is 16.3. The average Bonchev–Trinajstić information content (AvgIpc) is 2.18. The van der Waals surface area contributed by atoms with Crippen molar-refractivity contribution in [1.29, 1.82) is 0 Å². The van der Waals surface area contributed by atoms with Gasteiger partial charge in [0.1, 0.15) is 5.75 Å². The zero-order valence-electron chi connectivity index (χ0n) is 7.58. The first-order chi connectivity index (χ1) is 6.33. The summed E-state index contributed by atoms with van der Waals surface area (Å²) >= 11 is 0. The minimum absolute atomic E-state index is 0.0466. The third-order valence-corrected chi connectivity index (χ3v) is 2.78. The molecule has 0 saturated heterocycles. The topological polar surface area (TPSA) is 40.5 Å². The zero-order chi connectivity index (χ0) is 9.26. The summed E-state index contributed by atoms with van der Waals surface area (Å²) in [5.41, 5.74) is 3.21. The molecule has 0 bridgehead atoms. The van der Waals surface area contributed by atoms with E-state index < -0.39 is 0 Å². The molecule has 1 aromatic carbocycles. The van der Waals surface area contributed by atoms with Crippen LogP contribution in [0.15, 0.2) is 12.1 Å². The van der Waals surface area contributed by atoms with Crippen LogP contribution in [0.2, 0.25) is 0 Å². The highest BCUT2D eigenvalue weighted by Gasteiger charge is 2.15. The van der Waals surface area contributed by atoms with Crippen LogP contribution in [0.3, 0.4) is 0 Å². The van der Waals surface area contributed by atoms with Gasteiger partial charge in [-0.3, -0.25) is 0 Å². The van der Waals surface area contributed by atoms with E-state index in [2.05, 4.69) is 0 Å². The Labute approximate surface area is 77.8 Å². The van der Waals surface area contributed by atoms with Gasteiger partial charge in [-0.05, 0) is 42.9 Å². The molecule has 13 heavy (non-hydrogen) atoms. The van der Waals surface area contributed by atoms with Gasteiger partial charge in [0.15, 0.2) is 0 Å². The Hall–Kier alpha value is -1.02. The van der Waals surface area contributed by atoms with E-state index in [1.54, 1.807) is 6.07 Å². The van der Waals surface area contributed by atoms with Gasteiger partial charge in [-0.1, -0.05) is 6.07 Å². The molecule has 2 nitrogen and oxygen atoms in total. The molecule has 2 rings (SSSR count). The van der Waals surface area contributed by atoms with Crippen molar-refractivity contribution < 1.29 is 10.2 Å². The molecule has 0 radical (unpaired) electrons. The fraction of sp³-hybridized carbons (Fsp3) is 0.455. The van der Waals surface area contributed by atoms with E-state index >= 15 is 0 Å². The molecule has 1 aromatic rings. The van der Waals surface area contributed by atoms with Gasteiger partial charge >= 0.3 is 0 Å². The smallest absolute Gasteiger partial charge is 0.121 e. The van der Waals surface area contributed by atoms with Crippen molar-refractivity contribution in [3.63, 3.8) is 0 Å². The van der Waals surface area contributed by atoms with Crippen LogP contribution in [-0.2, 0) is 19.4 Å². The molecule has 0 unspecified atom stereocenters. The molecule has 0 amide bonds. The Balaban J connectivity index is 2.52. The average molecular weight is 178 g/mol. The fourth-order valence-electron chi connectivity index (χ4n) is 2.07. The summed E-state index contributed by atoms with van der Waals surface area (Å²) in [6.07, 6.45) is 4.48. The molecule has 1 aliphatic rings. The number of hydrogen-bond donors (Lipinski definition) is 2. The van der Waals surface area contributed by atoms with Gasteiger partial charge < -0.3 is 10.2 Å². The van der Waals surface area contributed by atoms with Crippen LogP contribution < -0.4 is 0 Å². The lowest BCUT2D eigenvalue weighted by atomic mass is 9.88. The molecule has 0 fully saturated rings.